The van der Waals surface area contributed by atoms with E-state index in [-0.39, 0.29) is 17.5 Å². The Hall–Kier alpha value is -0.980. The van der Waals surface area contributed by atoms with Gasteiger partial charge in [-0.05, 0) is 31.5 Å². The molecule has 6 heteroatoms. The number of halogens is 1. The molecular formula is C12H19FN2O2S. The summed E-state index contributed by atoms with van der Waals surface area (Å²) in [5, 5.41) is 0. The lowest BCUT2D eigenvalue weighted by Crippen LogP contribution is -2.37. The second-order valence-corrected chi connectivity index (χ2v) is 6.12. The van der Waals surface area contributed by atoms with Crippen molar-refractivity contribution in [3.8, 4) is 0 Å². The van der Waals surface area contributed by atoms with Gasteiger partial charge in [0, 0.05) is 19.1 Å². The highest BCUT2D eigenvalue weighted by molar-refractivity contribution is 7.89. The Balaban J connectivity index is 3.39. The van der Waals surface area contributed by atoms with Crippen molar-refractivity contribution in [3.05, 3.63) is 29.6 Å². The molecule has 1 aromatic rings. The van der Waals surface area contributed by atoms with Crippen LogP contribution in [0.3, 0.4) is 0 Å². The Labute approximate surface area is 108 Å². The van der Waals surface area contributed by atoms with Crippen LogP contribution in [0.4, 0.5) is 4.39 Å². The number of sulfonamides is 1. The van der Waals surface area contributed by atoms with Crippen molar-refractivity contribution < 1.29 is 12.8 Å². The Kier molecular flexibility index (Phi) is 4.84. The number of nitrogens with two attached hydrogens (primary N) is 1. The van der Waals surface area contributed by atoms with E-state index in [1.54, 1.807) is 20.8 Å². The predicted octanol–water partition coefficient (Wildman–Crippen LogP) is 1.70. The average Bonchev–Trinajstić information content (AvgIpc) is 2.28. The summed E-state index contributed by atoms with van der Waals surface area (Å²) < 4.78 is 39.5. The molecule has 4 nitrogen and oxygen atoms in total. The van der Waals surface area contributed by atoms with Crippen LogP contribution in [-0.4, -0.2) is 25.3 Å². The summed E-state index contributed by atoms with van der Waals surface area (Å²) in [6.45, 7) is 5.70. The molecule has 1 aromatic carbocycles. The first-order valence-corrected chi connectivity index (χ1v) is 7.29. The van der Waals surface area contributed by atoms with E-state index in [1.165, 1.54) is 16.4 Å². The van der Waals surface area contributed by atoms with Crippen LogP contribution >= 0.6 is 0 Å². The molecule has 0 aromatic heterocycles. The van der Waals surface area contributed by atoms with Gasteiger partial charge in [0.2, 0.25) is 10.0 Å². The van der Waals surface area contributed by atoms with Crippen LogP contribution in [0.1, 0.15) is 26.3 Å². The highest BCUT2D eigenvalue weighted by atomic mass is 32.2. The zero-order chi connectivity index (χ0) is 13.9. The van der Waals surface area contributed by atoms with E-state index in [0.29, 0.717) is 12.1 Å². The normalized spacial score (nSPS) is 12.4. The maximum Gasteiger partial charge on any atom is 0.243 e. The third-order valence-electron chi connectivity index (χ3n) is 2.72. The lowest BCUT2D eigenvalue weighted by Gasteiger charge is -2.25. The van der Waals surface area contributed by atoms with Gasteiger partial charge in [-0.1, -0.05) is 13.0 Å². The molecule has 0 bridgehead atoms. The third-order valence-corrected chi connectivity index (χ3v) is 4.96. The van der Waals surface area contributed by atoms with E-state index < -0.39 is 15.8 Å². The highest BCUT2D eigenvalue weighted by Crippen LogP contribution is 2.22. The first-order chi connectivity index (χ1) is 8.34. The molecule has 2 N–H and O–H groups in total. The molecule has 1 rings (SSSR count). The van der Waals surface area contributed by atoms with E-state index >= 15 is 0 Å². The first-order valence-electron chi connectivity index (χ1n) is 5.85. The van der Waals surface area contributed by atoms with Crippen molar-refractivity contribution >= 4 is 10.0 Å². The largest absolute Gasteiger partial charge is 0.326 e. The summed E-state index contributed by atoms with van der Waals surface area (Å²) in [5.74, 6) is -0.578. The van der Waals surface area contributed by atoms with Crippen molar-refractivity contribution in [3.63, 3.8) is 0 Å². The van der Waals surface area contributed by atoms with Crippen LogP contribution < -0.4 is 5.73 Å². The van der Waals surface area contributed by atoms with Gasteiger partial charge in [-0.25, -0.2) is 12.8 Å². The second-order valence-electron chi connectivity index (χ2n) is 4.26. The molecule has 0 radical (unpaired) electrons. The maximum absolute atomic E-state index is 13.3. The van der Waals surface area contributed by atoms with Crippen molar-refractivity contribution in [2.75, 3.05) is 6.54 Å². The summed E-state index contributed by atoms with van der Waals surface area (Å²) in [6, 6.07) is 3.47. The summed E-state index contributed by atoms with van der Waals surface area (Å²) in [7, 11) is -3.70. The zero-order valence-electron chi connectivity index (χ0n) is 10.9. The van der Waals surface area contributed by atoms with Gasteiger partial charge in [0.05, 0.1) is 4.90 Å². The lowest BCUT2D eigenvalue weighted by molar-refractivity contribution is 0.368. The van der Waals surface area contributed by atoms with Gasteiger partial charge in [-0.2, -0.15) is 4.31 Å². The minimum Gasteiger partial charge on any atom is -0.326 e. The fourth-order valence-electron chi connectivity index (χ4n) is 1.88. The molecule has 0 saturated heterocycles. The second kappa shape index (κ2) is 5.77. The number of rotatable bonds is 5. The molecule has 0 saturated carbocycles. The highest BCUT2D eigenvalue weighted by Gasteiger charge is 2.27. The van der Waals surface area contributed by atoms with Gasteiger partial charge < -0.3 is 5.73 Å². The van der Waals surface area contributed by atoms with Gasteiger partial charge in [-0.3, -0.25) is 0 Å². The van der Waals surface area contributed by atoms with E-state index in [0.717, 1.165) is 6.07 Å². The van der Waals surface area contributed by atoms with Crippen LogP contribution in [0.5, 0.6) is 0 Å². The smallest absolute Gasteiger partial charge is 0.243 e. The maximum atomic E-state index is 13.3. The first kappa shape index (κ1) is 15.1. The van der Waals surface area contributed by atoms with E-state index in [4.69, 9.17) is 5.73 Å². The molecule has 0 heterocycles. The molecule has 0 atom stereocenters. The fourth-order valence-corrected chi connectivity index (χ4v) is 3.77. The van der Waals surface area contributed by atoms with Gasteiger partial charge in [0.1, 0.15) is 5.82 Å². The van der Waals surface area contributed by atoms with Gasteiger partial charge >= 0.3 is 0 Å². The van der Waals surface area contributed by atoms with Crippen LogP contribution in [0.25, 0.3) is 0 Å². The van der Waals surface area contributed by atoms with Crippen LogP contribution in [0, 0.1) is 5.82 Å². The molecule has 0 aliphatic rings. The van der Waals surface area contributed by atoms with Gasteiger partial charge in [0.25, 0.3) is 0 Å². The third kappa shape index (κ3) is 2.88. The molecule has 0 amide bonds. The summed E-state index contributed by atoms with van der Waals surface area (Å²) in [6.07, 6.45) is 0. The predicted molar refractivity (Wildman–Crippen MR) is 69.0 cm³/mol. The summed E-state index contributed by atoms with van der Waals surface area (Å²) in [5.41, 5.74) is 5.94. The van der Waals surface area contributed by atoms with Gasteiger partial charge in [-0.15, -0.1) is 0 Å². The van der Waals surface area contributed by atoms with Crippen molar-refractivity contribution in [1.29, 1.82) is 0 Å². The monoisotopic (exact) mass is 274 g/mol. The van der Waals surface area contributed by atoms with Crippen LogP contribution in [-0.2, 0) is 16.6 Å². The summed E-state index contributed by atoms with van der Waals surface area (Å²) >= 11 is 0. The summed E-state index contributed by atoms with van der Waals surface area (Å²) in [4.78, 5) is -0.0412. The van der Waals surface area contributed by atoms with Crippen LogP contribution in [0.2, 0.25) is 0 Å². The lowest BCUT2D eigenvalue weighted by atomic mass is 10.2. The van der Waals surface area contributed by atoms with E-state index in [1.807, 2.05) is 0 Å². The van der Waals surface area contributed by atoms with Gasteiger partial charge in [0.15, 0.2) is 0 Å². The Bertz CT molecular complexity index is 515. The number of hydrogen-bond acceptors (Lipinski definition) is 3. The van der Waals surface area contributed by atoms with Crippen molar-refractivity contribution in [2.45, 2.75) is 38.3 Å². The number of nitrogens with zero attached hydrogens (tertiary/aromatic N) is 1. The van der Waals surface area contributed by atoms with Crippen molar-refractivity contribution in [1.82, 2.24) is 4.31 Å². The van der Waals surface area contributed by atoms with E-state index in [9.17, 15) is 12.8 Å². The topological polar surface area (TPSA) is 63.4 Å². The molecular weight excluding hydrogens is 255 g/mol. The molecule has 18 heavy (non-hydrogen) atoms. The average molecular weight is 274 g/mol. The Morgan fingerprint density at radius 1 is 1.39 bits per heavy atom. The Morgan fingerprint density at radius 2 is 2.00 bits per heavy atom. The minimum absolute atomic E-state index is 0.0412. The quantitative estimate of drug-likeness (QED) is 0.889. The molecule has 0 aliphatic carbocycles. The number of benzene rings is 1. The standard InChI is InChI=1S/C12H19FN2O2S/c1-4-15(9(2)3)18(16,17)12-7-11(13)6-5-10(12)8-14/h5-7,9H,4,8,14H2,1-3H3. The van der Waals surface area contributed by atoms with Crippen molar-refractivity contribution in [2.24, 2.45) is 5.73 Å². The molecule has 0 fully saturated rings. The molecule has 102 valence electrons. The molecule has 0 unspecified atom stereocenters. The minimum atomic E-state index is -3.70. The molecule has 0 aliphatic heterocycles. The number of hydrogen-bond donors (Lipinski definition) is 1. The van der Waals surface area contributed by atoms with E-state index in [2.05, 4.69) is 0 Å². The zero-order valence-corrected chi connectivity index (χ0v) is 11.7. The fraction of sp³-hybridized carbons (Fsp3) is 0.500. The van der Waals surface area contributed by atoms with Crippen LogP contribution in [0.15, 0.2) is 23.1 Å². The molecule has 0 spiro atoms. The Morgan fingerprint density at radius 3 is 2.44 bits per heavy atom. The SMILES string of the molecule is CCN(C(C)C)S(=O)(=O)c1cc(F)ccc1CN.